The Hall–Kier alpha value is -3.23. The summed E-state index contributed by atoms with van der Waals surface area (Å²) in [5.41, 5.74) is 3.34. The zero-order valence-electron chi connectivity index (χ0n) is 15.6. The maximum atomic E-state index is 12.7. The van der Waals surface area contributed by atoms with Gasteiger partial charge in [-0.3, -0.25) is 10.1 Å². The van der Waals surface area contributed by atoms with Gasteiger partial charge in [0, 0.05) is 10.9 Å². The number of benzene rings is 2. The fraction of sp³-hybridized carbons (Fsp3) is 0.0952. The number of methoxy groups -OCH3 is 1. The Labute approximate surface area is 177 Å². The topological polar surface area (TPSA) is 79.5 Å². The van der Waals surface area contributed by atoms with Gasteiger partial charge >= 0.3 is 6.09 Å². The third kappa shape index (κ3) is 5.63. The highest BCUT2D eigenvalue weighted by Gasteiger charge is 2.17. The molecule has 0 fully saturated rings. The Morgan fingerprint density at radius 2 is 1.66 bits per heavy atom. The van der Waals surface area contributed by atoms with Crippen molar-refractivity contribution >= 4 is 51.4 Å². The quantitative estimate of drug-likeness (QED) is 0.519. The third-order valence-corrected chi connectivity index (χ3v) is 5.08. The van der Waals surface area contributed by atoms with E-state index in [2.05, 4.69) is 20.7 Å². The molecule has 0 atom stereocenters. The monoisotopic (exact) mass is 425 g/mol. The maximum Gasteiger partial charge on any atom is 0.413 e. The average molecular weight is 426 g/mol. The lowest BCUT2D eigenvalue weighted by atomic mass is 10.1. The molecule has 29 heavy (non-hydrogen) atoms. The van der Waals surface area contributed by atoms with Gasteiger partial charge in [0.15, 0.2) is 5.11 Å². The molecule has 0 saturated heterocycles. The first kappa shape index (κ1) is 20.5. The van der Waals surface area contributed by atoms with Crippen molar-refractivity contribution in [2.75, 3.05) is 17.7 Å². The molecule has 3 N–H and O–H groups in total. The second-order valence-electron chi connectivity index (χ2n) is 6.00. The molecule has 0 unspecified atom stereocenters. The molecular weight excluding hydrogens is 406 g/mol. The number of nitrogens with one attached hydrogen (secondary N) is 3. The number of hydrogen-bond donors (Lipinski definition) is 3. The normalized spacial score (nSPS) is 10.1. The summed E-state index contributed by atoms with van der Waals surface area (Å²) in [6, 6.07) is 19.2. The number of amides is 2. The molecule has 3 aromatic rings. The molecule has 148 valence electrons. The minimum Gasteiger partial charge on any atom is -0.453 e. The van der Waals surface area contributed by atoms with Gasteiger partial charge < -0.3 is 15.4 Å². The van der Waals surface area contributed by atoms with Crippen molar-refractivity contribution in [3.63, 3.8) is 0 Å². The van der Waals surface area contributed by atoms with Gasteiger partial charge in [-0.25, -0.2) is 4.79 Å². The van der Waals surface area contributed by atoms with E-state index in [9.17, 15) is 9.59 Å². The molecule has 1 heterocycles. The van der Waals surface area contributed by atoms with Crippen molar-refractivity contribution in [1.82, 2.24) is 5.32 Å². The summed E-state index contributed by atoms with van der Waals surface area (Å²) in [6.07, 6.45) is -0.424. The van der Waals surface area contributed by atoms with Crippen LogP contribution in [-0.2, 0) is 16.0 Å². The molecule has 0 aliphatic rings. The molecule has 0 spiro atoms. The first-order chi connectivity index (χ1) is 14.1. The van der Waals surface area contributed by atoms with Gasteiger partial charge in [0.05, 0.1) is 19.2 Å². The SMILES string of the molecule is COC(=O)NC(=S)Nc1scc(-c2ccccc2)c1NC(=O)Cc1ccccc1. The van der Waals surface area contributed by atoms with Crippen LogP contribution >= 0.6 is 23.6 Å². The van der Waals surface area contributed by atoms with Crippen molar-refractivity contribution in [3.8, 4) is 11.1 Å². The van der Waals surface area contributed by atoms with E-state index in [1.54, 1.807) is 0 Å². The van der Waals surface area contributed by atoms with Crippen LogP contribution in [0.2, 0.25) is 0 Å². The lowest BCUT2D eigenvalue weighted by molar-refractivity contribution is -0.115. The number of ether oxygens (including phenoxy) is 1. The highest BCUT2D eigenvalue weighted by molar-refractivity contribution is 7.80. The Kier molecular flexibility index (Phi) is 6.94. The smallest absolute Gasteiger partial charge is 0.413 e. The van der Waals surface area contributed by atoms with Gasteiger partial charge in [0.25, 0.3) is 0 Å². The molecule has 0 bridgehead atoms. The van der Waals surface area contributed by atoms with Crippen LogP contribution in [0.5, 0.6) is 0 Å². The van der Waals surface area contributed by atoms with E-state index in [1.165, 1.54) is 18.4 Å². The van der Waals surface area contributed by atoms with Gasteiger partial charge in [-0.05, 0) is 23.3 Å². The summed E-state index contributed by atoms with van der Waals surface area (Å²) in [5.74, 6) is -0.151. The van der Waals surface area contributed by atoms with Crippen molar-refractivity contribution in [1.29, 1.82) is 0 Å². The average Bonchev–Trinajstić information content (AvgIpc) is 3.11. The number of hydrogen-bond acceptors (Lipinski definition) is 5. The van der Waals surface area contributed by atoms with Crippen LogP contribution in [0.25, 0.3) is 11.1 Å². The van der Waals surface area contributed by atoms with E-state index in [-0.39, 0.29) is 17.4 Å². The highest BCUT2D eigenvalue weighted by Crippen LogP contribution is 2.40. The predicted molar refractivity (Wildman–Crippen MR) is 120 cm³/mol. The number of carbonyl (C=O) groups is 2. The first-order valence-corrected chi connectivity index (χ1v) is 10.0. The standard InChI is InChI=1S/C21H19N3O3S2/c1-27-21(26)24-20(28)23-19-18(16(13-29-19)15-10-6-3-7-11-15)22-17(25)12-14-8-4-2-5-9-14/h2-11,13H,12H2,1H3,(H,22,25)(H2,23,24,26,28). The van der Waals surface area contributed by atoms with Crippen molar-refractivity contribution < 1.29 is 14.3 Å². The van der Waals surface area contributed by atoms with E-state index in [0.29, 0.717) is 10.7 Å². The fourth-order valence-electron chi connectivity index (χ4n) is 2.65. The summed E-state index contributed by atoms with van der Waals surface area (Å²) in [4.78, 5) is 24.0. The Balaban J connectivity index is 1.85. The molecule has 0 saturated carbocycles. The fourth-order valence-corrected chi connectivity index (χ4v) is 3.83. The van der Waals surface area contributed by atoms with E-state index < -0.39 is 6.09 Å². The Morgan fingerprint density at radius 3 is 2.31 bits per heavy atom. The first-order valence-electron chi connectivity index (χ1n) is 8.73. The number of carbonyl (C=O) groups excluding carboxylic acids is 2. The number of thiophene rings is 1. The zero-order valence-corrected chi connectivity index (χ0v) is 17.2. The van der Waals surface area contributed by atoms with Crippen LogP contribution in [0, 0.1) is 0 Å². The molecule has 0 radical (unpaired) electrons. The van der Waals surface area contributed by atoms with Crippen LogP contribution in [0.4, 0.5) is 15.5 Å². The largest absolute Gasteiger partial charge is 0.453 e. The molecule has 3 rings (SSSR count). The Bertz CT molecular complexity index is 1000. The van der Waals surface area contributed by atoms with E-state index in [4.69, 9.17) is 12.2 Å². The summed E-state index contributed by atoms with van der Waals surface area (Å²) in [7, 11) is 1.26. The third-order valence-electron chi connectivity index (χ3n) is 3.98. The summed E-state index contributed by atoms with van der Waals surface area (Å²) >= 11 is 6.53. The van der Waals surface area contributed by atoms with Gasteiger partial charge in [-0.15, -0.1) is 11.3 Å². The second-order valence-corrected chi connectivity index (χ2v) is 7.29. The number of anilines is 2. The van der Waals surface area contributed by atoms with Crippen LogP contribution in [-0.4, -0.2) is 24.2 Å². The van der Waals surface area contributed by atoms with Gasteiger partial charge in [0.1, 0.15) is 5.00 Å². The molecule has 6 nitrogen and oxygen atoms in total. The lowest BCUT2D eigenvalue weighted by Gasteiger charge is -2.12. The van der Waals surface area contributed by atoms with Crippen LogP contribution in [0.15, 0.2) is 66.0 Å². The van der Waals surface area contributed by atoms with E-state index in [0.717, 1.165) is 16.7 Å². The molecule has 1 aromatic heterocycles. The van der Waals surface area contributed by atoms with E-state index >= 15 is 0 Å². The summed E-state index contributed by atoms with van der Waals surface area (Å²) < 4.78 is 4.55. The van der Waals surface area contributed by atoms with Gasteiger partial charge in [-0.1, -0.05) is 60.7 Å². The summed E-state index contributed by atoms with van der Waals surface area (Å²) in [5, 5.41) is 11.0. The number of alkyl carbamates (subject to hydrolysis) is 1. The Morgan fingerprint density at radius 1 is 1.00 bits per heavy atom. The van der Waals surface area contributed by atoms with Gasteiger partial charge in [-0.2, -0.15) is 0 Å². The van der Waals surface area contributed by atoms with Crippen molar-refractivity contribution in [2.24, 2.45) is 0 Å². The minimum atomic E-state index is -0.669. The van der Waals surface area contributed by atoms with Crippen LogP contribution in [0.1, 0.15) is 5.56 Å². The number of rotatable bonds is 5. The molecule has 2 aromatic carbocycles. The maximum absolute atomic E-state index is 12.7. The highest BCUT2D eigenvalue weighted by atomic mass is 32.1. The second kappa shape index (κ2) is 9.81. The zero-order chi connectivity index (χ0) is 20.6. The predicted octanol–water partition coefficient (Wildman–Crippen LogP) is 4.65. The van der Waals surface area contributed by atoms with Crippen LogP contribution in [0.3, 0.4) is 0 Å². The van der Waals surface area contributed by atoms with Gasteiger partial charge in [0.2, 0.25) is 5.91 Å². The number of thiocarbonyl (C=S) groups is 1. The van der Waals surface area contributed by atoms with E-state index in [1.807, 2.05) is 66.0 Å². The molecular formula is C21H19N3O3S2. The summed E-state index contributed by atoms with van der Waals surface area (Å²) in [6.45, 7) is 0. The van der Waals surface area contributed by atoms with Crippen LogP contribution < -0.4 is 16.0 Å². The van der Waals surface area contributed by atoms with Crippen molar-refractivity contribution in [3.05, 3.63) is 71.6 Å². The molecule has 0 aliphatic carbocycles. The van der Waals surface area contributed by atoms with Crippen molar-refractivity contribution in [2.45, 2.75) is 6.42 Å². The molecule has 8 heteroatoms. The lowest BCUT2D eigenvalue weighted by Crippen LogP contribution is -2.33. The molecule has 0 aliphatic heterocycles. The molecule has 2 amide bonds. The minimum absolute atomic E-state index is 0.0804.